The fourth-order valence-electron chi connectivity index (χ4n) is 5.42. The number of aliphatic hydroxyl groups is 6. The summed E-state index contributed by atoms with van der Waals surface area (Å²) in [5.74, 6) is 0.0722. The van der Waals surface area contributed by atoms with Gasteiger partial charge in [-0.2, -0.15) is 0 Å². The Kier molecular flexibility index (Phi) is 11.5. The number of nitrogens with one attached hydrogen (secondary N) is 1. The molecule has 0 radical (unpaired) electrons. The first-order valence-electron chi connectivity index (χ1n) is 16.2. The van der Waals surface area contributed by atoms with Crippen LogP contribution in [0.3, 0.4) is 0 Å². The average molecular weight is 742 g/mol. The molecule has 0 saturated carbocycles. The van der Waals surface area contributed by atoms with Crippen LogP contribution in [0.15, 0.2) is 97.1 Å². The fourth-order valence-corrected chi connectivity index (χ4v) is 6.88. The van der Waals surface area contributed by atoms with Crippen LogP contribution < -0.4 is 25.4 Å². The van der Waals surface area contributed by atoms with E-state index < -0.39 is 52.3 Å². The van der Waals surface area contributed by atoms with Crippen molar-refractivity contribution < 1.29 is 54.5 Å². The topological polar surface area (TPSA) is 232 Å². The number of anilines is 1. The molecule has 1 saturated heterocycles. The zero-order valence-electron chi connectivity index (χ0n) is 28.5. The van der Waals surface area contributed by atoms with Crippen molar-refractivity contribution >= 4 is 43.0 Å². The first-order chi connectivity index (χ1) is 25.0. The second-order valence-electron chi connectivity index (χ2n) is 12.1. The van der Waals surface area contributed by atoms with Crippen molar-refractivity contribution in [1.29, 1.82) is 0 Å². The summed E-state index contributed by atoms with van der Waals surface area (Å²) in [6.07, 6.45) is -4.11. The smallest absolute Gasteiger partial charge is 0.453 e. The molecule has 53 heavy (non-hydrogen) atoms. The van der Waals surface area contributed by atoms with Gasteiger partial charge >= 0.3 is 6.16 Å². The van der Waals surface area contributed by atoms with E-state index in [1.165, 1.54) is 17.0 Å². The summed E-state index contributed by atoms with van der Waals surface area (Å²) in [6.45, 7) is 1.61. The second kappa shape index (κ2) is 15.7. The lowest BCUT2D eigenvalue weighted by molar-refractivity contribution is -0.419. The van der Waals surface area contributed by atoms with Gasteiger partial charge in [-0.15, -0.1) is 11.8 Å². The van der Waals surface area contributed by atoms with Crippen LogP contribution in [-0.2, 0) is 15.1 Å². The molecule has 4 aromatic carbocycles. The fraction of sp³-hybridized carbons (Fsp3) is 0.216. The van der Waals surface area contributed by atoms with Crippen molar-refractivity contribution in [3.63, 3.8) is 0 Å². The number of hydrogen-bond donors (Lipinski definition) is 8. The van der Waals surface area contributed by atoms with E-state index in [0.29, 0.717) is 11.3 Å². The second-order valence-corrected chi connectivity index (χ2v) is 13.4. The molecule has 3 unspecified atom stereocenters. The Hall–Kier alpha value is -5.38. The quantitative estimate of drug-likeness (QED) is 0.0558. The highest BCUT2D eigenvalue weighted by molar-refractivity contribution is 8.01. The van der Waals surface area contributed by atoms with Crippen molar-refractivity contribution in [3.05, 3.63) is 125 Å². The molecule has 9 N–H and O–H groups in total. The van der Waals surface area contributed by atoms with Gasteiger partial charge in [0.1, 0.15) is 10.9 Å². The molecule has 1 aliphatic heterocycles. The van der Waals surface area contributed by atoms with Gasteiger partial charge in [-0.05, 0) is 72.6 Å². The summed E-state index contributed by atoms with van der Waals surface area (Å²) in [4.78, 5) is 40.7. The number of primary amides is 1. The molecule has 0 bridgehead atoms. The Morgan fingerprint density at radius 3 is 2.17 bits per heavy atom. The molecule has 14 nitrogen and oxygen atoms in total. The molecule has 4 aromatic rings. The summed E-state index contributed by atoms with van der Waals surface area (Å²) in [5, 5.41) is 61.2. The largest absolute Gasteiger partial charge is 0.490 e. The van der Waals surface area contributed by atoms with Gasteiger partial charge in [0.25, 0.3) is 5.91 Å². The molecule has 0 aliphatic carbocycles. The molecule has 1 fully saturated rings. The Bertz CT molecular complexity index is 2040. The molecular formula is C37H36BN3O11S. The van der Waals surface area contributed by atoms with E-state index in [4.69, 9.17) is 10.5 Å². The van der Waals surface area contributed by atoms with Crippen molar-refractivity contribution in [2.45, 2.75) is 41.5 Å². The first-order valence-corrected chi connectivity index (χ1v) is 17.1. The Labute approximate surface area is 309 Å². The molecule has 274 valence electrons. The van der Waals surface area contributed by atoms with Crippen LogP contribution in [0, 0.1) is 11.8 Å². The summed E-state index contributed by atoms with van der Waals surface area (Å²) >= 11 is 1.12. The molecule has 5 rings (SSSR count). The summed E-state index contributed by atoms with van der Waals surface area (Å²) in [5.41, 5.74) is 5.42. The number of carbonyl (C=O) groups is 3. The highest BCUT2D eigenvalue weighted by Crippen LogP contribution is 2.47. The summed E-state index contributed by atoms with van der Waals surface area (Å²) in [7, 11) is 0.986. The average Bonchev–Trinajstić information content (AvgIpc) is 3.42. The van der Waals surface area contributed by atoms with Gasteiger partial charge in [0.15, 0.2) is 19.3 Å². The van der Waals surface area contributed by atoms with Crippen molar-refractivity contribution in [2.24, 2.45) is 5.73 Å². The van der Waals surface area contributed by atoms with E-state index in [2.05, 4.69) is 16.6 Å². The van der Waals surface area contributed by atoms with E-state index in [1.54, 1.807) is 43.3 Å². The minimum Gasteiger partial charge on any atom is -0.490 e. The number of rotatable bonds is 12. The van der Waals surface area contributed by atoms with Gasteiger partial charge in [0.2, 0.25) is 17.7 Å². The lowest BCUT2D eigenvalue weighted by atomic mass is 9.72. The molecule has 3 amide bonds. The Morgan fingerprint density at radius 2 is 1.55 bits per heavy atom. The number of carbonyl (C=O) groups excluding carboxylic acids is 3. The van der Waals surface area contributed by atoms with Gasteiger partial charge in [0.05, 0.1) is 11.9 Å². The maximum atomic E-state index is 14.0. The van der Waals surface area contributed by atoms with Gasteiger partial charge in [-0.3, -0.25) is 19.3 Å². The lowest BCUT2D eigenvalue weighted by Gasteiger charge is -2.38. The third-order valence-electron chi connectivity index (χ3n) is 8.19. The van der Waals surface area contributed by atoms with Crippen LogP contribution in [0.2, 0.25) is 0 Å². The number of hydrogen-bond acceptors (Lipinski definition) is 12. The van der Waals surface area contributed by atoms with E-state index >= 15 is 0 Å². The molecule has 3 atom stereocenters. The predicted octanol–water partition coefficient (Wildman–Crippen LogP) is 0.321. The zero-order chi connectivity index (χ0) is 38.6. The van der Waals surface area contributed by atoms with Crippen LogP contribution >= 0.6 is 11.8 Å². The van der Waals surface area contributed by atoms with Crippen LogP contribution in [-0.4, -0.2) is 80.1 Å². The third-order valence-corrected chi connectivity index (χ3v) is 9.62. The van der Waals surface area contributed by atoms with Gasteiger partial charge in [-0.25, -0.2) is 0 Å². The predicted molar refractivity (Wildman–Crippen MR) is 195 cm³/mol. The minimum atomic E-state index is -3.56. The van der Waals surface area contributed by atoms with Crippen molar-refractivity contribution in [1.82, 2.24) is 5.32 Å². The van der Waals surface area contributed by atoms with Gasteiger partial charge < -0.3 is 51.2 Å². The van der Waals surface area contributed by atoms with E-state index in [0.717, 1.165) is 48.9 Å². The number of nitrogens with two attached hydrogens (primary N) is 1. The van der Waals surface area contributed by atoms with Crippen molar-refractivity contribution in [2.75, 3.05) is 11.5 Å². The first kappa shape index (κ1) is 38.8. The van der Waals surface area contributed by atoms with Crippen LogP contribution in [0.25, 0.3) is 0 Å². The highest BCUT2D eigenvalue weighted by atomic mass is 32.2. The summed E-state index contributed by atoms with van der Waals surface area (Å²) < 4.78 is 9.98. The van der Waals surface area contributed by atoms with Crippen LogP contribution in [0.4, 0.5) is 5.69 Å². The maximum Gasteiger partial charge on any atom is 0.453 e. The minimum absolute atomic E-state index is 0.0296. The summed E-state index contributed by atoms with van der Waals surface area (Å²) in [6, 6.07) is 26.0. The van der Waals surface area contributed by atoms with Gasteiger partial charge in [-0.1, -0.05) is 54.3 Å². The number of thioether (sulfide) groups is 1. The third kappa shape index (κ3) is 9.17. The van der Waals surface area contributed by atoms with Crippen LogP contribution in [0.5, 0.6) is 11.5 Å². The maximum absolute atomic E-state index is 14.0. The molecular weight excluding hydrogens is 705 g/mol. The van der Waals surface area contributed by atoms with Gasteiger partial charge in [0, 0.05) is 28.8 Å². The normalized spacial score (nSPS) is 17.0. The highest BCUT2D eigenvalue weighted by Gasteiger charge is 2.49. The van der Waals surface area contributed by atoms with Crippen molar-refractivity contribution in [3.8, 4) is 23.3 Å². The SMILES string of the molecule is BC(O)(c1ccc(OC(O)(O)O)c(OCC)c1)C(O)(O)NC(=O)CC1SC(c2ccc(C#Cc3ccccc3)cc2)N(c2cccc(C(N)=O)c2)C1=O. The standard InChI is InChI=1S/C37H36BN3O11S/c1-2-51-29-20-26(17-18-28(29)52-37(48,49)50)35(38,45)36(46,47)40-31(42)21-30-33(44)41(27-10-6-9-25(19-27)32(39)43)34(53-30)24-15-13-23(14-16-24)12-11-22-7-4-3-5-8-22/h3-10,13-20,30,34,45-50H,2,21,38H2,1H3,(H2,39,43)(H,40,42). The van der Waals surface area contributed by atoms with E-state index in [1.807, 2.05) is 35.6 Å². The number of amides is 3. The Balaban J connectivity index is 1.38. The molecule has 1 heterocycles. The van der Waals surface area contributed by atoms with E-state index in [9.17, 15) is 45.0 Å². The Morgan fingerprint density at radius 1 is 0.887 bits per heavy atom. The number of benzene rings is 4. The number of ether oxygens (including phenoxy) is 2. The number of nitrogens with zero attached hydrogens (tertiary/aromatic N) is 1. The monoisotopic (exact) mass is 741 g/mol. The molecule has 1 aliphatic rings. The lowest BCUT2D eigenvalue weighted by Crippen LogP contribution is -2.63. The molecule has 16 heteroatoms. The molecule has 0 aromatic heterocycles. The molecule has 0 spiro atoms. The zero-order valence-corrected chi connectivity index (χ0v) is 29.3. The van der Waals surface area contributed by atoms with Crippen LogP contribution in [0.1, 0.15) is 51.3 Å². The van der Waals surface area contributed by atoms with E-state index in [-0.39, 0.29) is 29.2 Å².